The number of carbonyl (C=O) groups excluding carboxylic acids is 2. The largest absolute Gasteiger partial charge is 0.461 e. The van der Waals surface area contributed by atoms with Gasteiger partial charge in [0.2, 0.25) is 17.8 Å². The van der Waals surface area contributed by atoms with Crippen LogP contribution in [0.3, 0.4) is 0 Å². The zero-order valence-electron chi connectivity index (χ0n) is 23.3. The first kappa shape index (κ1) is 29.0. The third-order valence-electron chi connectivity index (χ3n) is 6.58. The number of carbonyl (C=O) groups is 2. The van der Waals surface area contributed by atoms with Crippen molar-refractivity contribution in [3.8, 4) is 6.01 Å². The molecule has 0 bridgehead atoms. The number of fused-ring (bicyclic) bond motifs is 1. The van der Waals surface area contributed by atoms with E-state index in [0.29, 0.717) is 69.8 Å². The lowest BCUT2D eigenvalue weighted by molar-refractivity contribution is -0.125. The Balaban J connectivity index is 1.42. The molecule has 0 radical (unpaired) electrons. The average molecular weight is 552 g/mol. The van der Waals surface area contributed by atoms with E-state index in [9.17, 15) is 9.59 Å². The summed E-state index contributed by atoms with van der Waals surface area (Å²) in [5.41, 5.74) is 3.27. The first-order valence-corrected chi connectivity index (χ1v) is 13.4. The quantitative estimate of drug-likeness (QED) is 0.229. The SMILES string of the molecule is C=CC(=O)N1CCC(C(=O)Nc2cccc(CNc3nc(OCCOCCOC)nc4c(C(C)C)cnn34)c2)C1. The molecule has 40 heavy (non-hydrogen) atoms. The van der Waals surface area contributed by atoms with Crippen molar-refractivity contribution in [3.63, 3.8) is 0 Å². The van der Waals surface area contributed by atoms with E-state index in [1.807, 2.05) is 24.3 Å². The van der Waals surface area contributed by atoms with Gasteiger partial charge in [0.05, 0.1) is 31.9 Å². The fourth-order valence-corrected chi connectivity index (χ4v) is 4.39. The zero-order valence-corrected chi connectivity index (χ0v) is 23.3. The van der Waals surface area contributed by atoms with E-state index in [4.69, 9.17) is 14.2 Å². The van der Waals surface area contributed by atoms with Crippen LogP contribution in [0.1, 0.15) is 37.3 Å². The first-order chi connectivity index (χ1) is 19.4. The number of likely N-dealkylation sites (tertiary alicyclic amines) is 1. The molecule has 1 saturated heterocycles. The Kier molecular flexibility index (Phi) is 10.0. The van der Waals surface area contributed by atoms with Crippen molar-refractivity contribution in [2.45, 2.75) is 32.7 Å². The normalized spacial score (nSPS) is 15.0. The second kappa shape index (κ2) is 13.9. The Hall–Kier alpha value is -4.03. The number of aromatic nitrogens is 4. The number of anilines is 2. The number of benzene rings is 1. The molecule has 1 aliphatic heterocycles. The summed E-state index contributed by atoms with van der Waals surface area (Å²) in [6.07, 6.45) is 3.70. The Morgan fingerprint density at radius 3 is 2.80 bits per heavy atom. The molecule has 0 aliphatic carbocycles. The highest BCUT2D eigenvalue weighted by Gasteiger charge is 2.30. The fourth-order valence-electron chi connectivity index (χ4n) is 4.39. The van der Waals surface area contributed by atoms with E-state index < -0.39 is 0 Å². The molecule has 4 rings (SSSR count). The molecule has 12 nitrogen and oxygen atoms in total. The lowest BCUT2D eigenvalue weighted by atomic mass is 10.1. The van der Waals surface area contributed by atoms with Crippen LogP contribution in [0.5, 0.6) is 6.01 Å². The van der Waals surface area contributed by atoms with Gasteiger partial charge in [0.25, 0.3) is 0 Å². The molecule has 2 amide bonds. The van der Waals surface area contributed by atoms with Crippen LogP contribution in [-0.2, 0) is 25.6 Å². The molecule has 3 heterocycles. The number of hydrogen-bond donors (Lipinski definition) is 2. The standard InChI is InChI=1S/C28H37N7O5/c1-5-24(36)34-10-9-21(18-34)26(37)31-22-8-6-7-20(15-22)16-29-27-33-28(40-14-13-39-12-11-38-4)32-25-23(19(2)3)17-30-35(25)27/h5-8,15,17,19,21H,1,9-14,16,18H2,2-4H3,(H,31,37)(H,29,32,33). The summed E-state index contributed by atoms with van der Waals surface area (Å²) in [5, 5.41) is 10.8. The summed E-state index contributed by atoms with van der Waals surface area (Å²) in [6.45, 7) is 10.8. The summed E-state index contributed by atoms with van der Waals surface area (Å²) in [6, 6.07) is 7.82. The number of nitrogens with zero attached hydrogens (tertiary/aromatic N) is 5. The molecule has 0 saturated carbocycles. The van der Waals surface area contributed by atoms with Crippen molar-refractivity contribution in [1.29, 1.82) is 0 Å². The van der Waals surface area contributed by atoms with E-state index in [0.717, 1.165) is 11.1 Å². The predicted molar refractivity (Wildman–Crippen MR) is 150 cm³/mol. The fraction of sp³-hybridized carbons (Fsp3) is 0.464. The number of nitrogens with one attached hydrogen (secondary N) is 2. The van der Waals surface area contributed by atoms with E-state index >= 15 is 0 Å². The number of hydrogen-bond acceptors (Lipinski definition) is 9. The summed E-state index contributed by atoms with van der Waals surface area (Å²) < 4.78 is 17.9. The molecule has 1 atom stereocenters. The maximum absolute atomic E-state index is 12.8. The van der Waals surface area contributed by atoms with Crippen molar-refractivity contribution in [3.05, 3.63) is 54.2 Å². The van der Waals surface area contributed by atoms with Gasteiger partial charge in [0, 0.05) is 38.0 Å². The van der Waals surface area contributed by atoms with Gasteiger partial charge in [0.15, 0.2) is 5.65 Å². The highest BCUT2D eigenvalue weighted by atomic mass is 16.5. The first-order valence-electron chi connectivity index (χ1n) is 13.4. The van der Waals surface area contributed by atoms with Crippen LogP contribution in [0, 0.1) is 5.92 Å². The van der Waals surface area contributed by atoms with Crippen LogP contribution >= 0.6 is 0 Å². The van der Waals surface area contributed by atoms with Gasteiger partial charge in [0.1, 0.15) is 6.61 Å². The molecule has 1 fully saturated rings. The Morgan fingerprint density at radius 1 is 1.20 bits per heavy atom. The van der Waals surface area contributed by atoms with Crippen molar-refractivity contribution in [2.75, 3.05) is 57.3 Å². The van der Waals surface area contributed by atoms with E-state index in [-0.39, 0.29) is 29.7 Å². The summed E-state index contributed by atoms with van der Waals surface area (Å²) in [5.74, 6) is 0.197. The molecular weight excluding hydrogens is 514 g/mol. The monoisotopic (exact) mass is 551 g/mol. The molecule has 1 unspecified atom stereocenters. The highest BCUT2D eigenvalue weighted by Crippen LogP contribution is 2.24. The predicted octanol–water partition coefficient (Wildman–Crippen LogP) is 2.87. The van der Waals surface area contributed by atoms with Crippen molar-refractivity contribution in [1.82, 2.24) is 24.5 Å². The third kappa shape index (κ3) is 7.33. The van der Waals surface area contributed by atoms with Crippen molar-refractivity contribution in [2.24, 2.45) is 5.92 Å². The van der Waals surface area contributed by atoms with E-state index in [2.05, 4.69) is 46.1 Å². The Bertz CT molecular complexity index is 1330. The van der Waals surface area contributed by atoms with Crippen LogP contribution < -0.4 is 15.4 Å². The molecule has 3 aromatic rings. The molecule has 0 spiro atoms. The molecule has 214 valence electrons. The second-order valence-corrected chi connectivity index (χ2v) is 9.79. The zero-order chi connectivity index (χ0) is 28.5. The van der Waals surface area contributed by atoms with Crippen LogP contribution in [0.4, 0.5) is 11.6 Å². The number of amides is 2. The van der Waals surface area contributed by atoms with Gasteiger partial charge < -0.3 is 29.7 Å². The van der Waals surface area contributed by atoms with Gasteiger partial charge in [-0.2, -0.15) is 19.6 Å². The minimum absolute atomic E-state index is 0.104. The Labute approximate surface area is 233 Å². The summed E-state index contributed by atoms with van der Waals surface area (Å²) >= 11 is 0. The highest BCUT2D eigenvalue weighted by molar-refractivity contribution is 5.94. The smallest absolute Gasteiger partial charge is 0.321 e. The average Bonchev–Trinajstić information content (AvgIpc) is 3.62. The molecule has 12 heteroatoms. The van der Waals surface area contributed by atoms with Crippen LogP contribution in [0.2, 0.25) is 0 Å². The summed E-state index contributed by atoms with van der Waals surface area (Å²) in [7, 11) is 1.63. The maximum Gasteiger partial charge on any atom is 0.321 e. The minimum Gasteiger partial charge on any atom is -0.461 e. The summed E-state index contributed by atoms with van der Waals surface area (Å²) in [4.78, 5) is 35.4. The van der Waals surface area contributed by atoms with Crippen LogP contribution in [0.15, 0.2) is 43.1 Å². The molecule has 1 aliphatic rings. The van der Waals surface area contributed by atoms with Gasteiger partial charge in [-0.15, -0.1) is 0 Å². The van der Waals surface area contributed by atoms with Gasteiger partial charge in [-0.25, -0.2) is 0 Å². The van der Waals surface area contributed by atoms with Crippen molar-refractivity contribution < 1.29 is 23.8 Å². The number of ether oxygens (including phenoxy) is 3. The topological polar surface area (TPSA) is 132 Å². The van der Waals surface area contributed by atoms with E-state index in [1.165, 1.54) is 6.08 Å². The molecular formula is C28H37N7O5. The van der Waals surface area contributed by atoms with Crippen LogP contribution in [0.25, 0.3) is 5.65 Å². The number of rotatable bonds is 14. The van der Waals surface area contributed by atoms with Gasteiger partial charge >= 0.3 is 6.01 Å². The maximum atomic E-state index is 12.8. The third-order valence-corrected chi connectivity index (χ3v) is 6.58. The lowest BCUT2D eigenvalue weighted by Gasteiger charge is -2.15. The minimum atomic E-state index is -0.251. The molecule has 2 aromatic heterocycles. The van der Waals surface area contributed by atoms with Gasteiger partial charge in [-0.3, -0.25) is 9.59 Å². The lowest BCUT2D eigenvalue weighted by Crippen LogP contribution is -2.30. The Morgan fingerprint density at radius 2 is 2.02 bits per heavy atom. The van der Waals surface area contributed by atoms with Gasteiger partial charge in [-0.1, -0.05) is 32.6 Å². The van der Waals surface area contributed by atoms with E-state index in [1.54, 1.807) is 22.7 Å². The van der Waals surface area contributed by atoms with Gasteiger partial charge in [-0.05, 0) is 36.1 Å². The number of methoxy groups -OCH3 is 1. The van der Waals surface area contributed by atoms with Crippen LogP contribution in [-0.4, -0.2) is 82.9 Å². The second-order valence-electron chi connectivity index (χ2n) is 9.79. The molecule has 1 aromatic carbocycles. The van der Waals surface area contributed by atoms with Crippen molar-refractivity contribution >= 4 is 29.1 Å². The molecule has 2 N–H and O–H groups in total.